The van der Waals surface area contributed by atoms with Gasteiger partial charge < -0.3 is 10.0 Å². The Kier molecular flexibility index (Phi) is 4.64. The van der Waals surface area contributed by atoms with Gasteiger partial charge in [-0.25, -0.2) is 13.1 Å². The molecule has 112 valence electrons. The molecule has 0 amide bonds. The summed E-state index contributed by atoms with van der Waals surface area (Å²) in [7, 11) is 0.341. The highest BCUT2D eigenvalue weighted by Gasteiger charge is 2.25. The van der Waals surface area contributed by atoms with Crippen LogP contribution in [0.1, 0.15) is 0 Å². The van der Waals surface area contributed by atoms with E-state index >= 15 is 0 Å². The minimum Gasteiger partial charge on any atom is -0.507 e. The summed E-state index contributed by atoms with van der Waals surface area (Å²) in [4.78, 5) is 4.25. The fourth-order valence-electron chi connectivity index (χ4n) is 2.29. The third kappa shape index (κ3) is 3.49. The summed E-state index contributed by atoms with van der Waals surface area (Å²) >= 11 is 0. The lowest BCUT2D eigenvalue weighted by atomic mass is 10.2. The van der Waals surface area contributed by atoms with E-state index in [4.69, 9.17) is 0 Å². The molecule has 1 atom stereocenters. The first-order chi connectivity index (χ1) is 9.40. The molecule has 1 aliphatic rings. The van der Waals surface area contributed by atoms with Crippen LogP contribution < -0.4 is 4.72 Å². The summed E-state index contributed by atoms with van der Waals surface area (Å²) in [6, 6.07) is 6.09. The van der Waals surface area contributed by atoms with Crippen LogP contribution >= 0.6 is 0 Å². The molecule has 20 heavy (non-hydrogen) atoms. The molecule has 2 N–H and O–H groups in total. The van der Waals surface area contributed by atoms with Gasteiger partial charge >= 0.3 is 0 Å². The van der Waals surface area contributed by atoms with Gasteiger partial charge in [-0.05, 0) is 26.2 Å². The molecule has 0 saturated carbocycles. The number of sulfonamides is 1. The third-order valence-electron chi connectivity index (χ3n) is 3.64. The van der Waals surface area contributed by atoms with Crippen molar-refractivity contribution in [3.8, 4) is 5.75 Å². The number of nitrogens with one attached hydrogen (secondary N) is 1. The van der Waals surface area contributed by atoms with Gasteiger partial charge in [-0.1, -0.05) is 12.1 Å². The number of piperazine rings is 1. The molecule has 0 aliphatic carbocycles. The summed E-state index contributed by atoms with van der Waals surface area (Å²) in [6.07, 6.45) is 0. The number of hydrogen-bond donors (Lipinski definition) is 2. The molecular formula is C13H21N3O3S. The van der Waals surface area contributed by atoms with Crippen LogP contribution in [0, 0.1) is 0 Å². The van der Waals surface area contributed by atoms with E-state index in [2.05, 4.69) is 14.5 Å². The van der Waals surface area contributed by atoms with Crippen molar-refractivity contribution >= 4 is 10.0 Å². The summed E-state index contributed by atoms with van der Waals surface area (Å²) in [5, 5.41) is 9.64. The van der Waals surface area contributed by atoms with Crippen molar-refractivity contribution in [3.05, 3.63) is 24.3 Å². The summed E-state index contributed by atoms with van der Waals surface area (Å²) in [5.74, 6) is -0.228. The lowest BCUT2D eigenvalue weighted by Crippen LogP contribution is -2.54. The molecular weight excluding hydrogens is 278 g/mol. The zero-order valence-electron chi connectivity index (χ0n) is 11.8. The molecule has 1 saturated heterocycles. The number of phenolic OH excluding ortho intramolecular Hbond substituents is 1. The number of aromatic hydroxyl groups is 1. The van der Waals surface area contributed by atoms with Crippen molar-refractivity contribution < 1.29 is 13.5 Å². The second-order valence-corrected chi connectivity index (χ2v) is 6.95. The van der Waals surface area contributed by atoms with E-state index < -0.39 is 10.0 Å². The van der Waals surface area contributed by atoms with Gasteiger partial charge in [-0.2, -0.15) is 0 Å². The van der Waals surface area contributed by atoms with Gasteiger partial charge in [0.1, 0.15) is 10.6 Å². The minimum atomic E-state index is -3.68. The number of likely N-dealkylation sites (N-methyl/N-ethyl adjacent to an activating group) is 2. The summed E-state index contributed by atoms with van der Waals surface area (Å²) < 4.78 is 26.9. The Bertz CT molecular complexity index is 562. The van der Waals surface area contributed by atoms with Crippen molar-refractivity contribution in [2.75, 3.05) is 40.3 Å². The van der Waals surface area contributed by atoms with Crippen LogP contribution in [0.5, 0.6) is 5.75 Å². The van der Waals surface area contributed by atoms with Crippen molar-refractivity contribution in [2.45, 2.75) is 10.9 Å². The van der Waals surface area contributed by atoms with Gasteiger partial charge in [-0.3, -0.25) is 4.90 Å². The Balaban J connectivity index is 2.04. The van der Waals surface area contributed by atoms with Crippen LogP contribution in [-0.4, -0.2) is 69.6 Å². The predicted molar refractivity (Wildman–Crippen MR) is 77.2 cm³/mol. The molecule has 6 nitrogen and oxygen atoms in total. The highest BCUT2D eigenvalue weighted by Crippen LogP contribution is 2.21. The lowest BCUT2D eigenvalue weighted by molar-refractivity contribution is 0.117. The fraction of sp³-hybridized carbons (Fsp3) is 0.538. The molecule has 1 aromatic rings. The normalized spacial score (nSPS) is 22.0. The van der Waals surface area contributed by atoms with Crippen LogP contribution in [0.2, 0.25) is 0 Å². The van der Waals surface area contributed by atoms with E-state index in [0.29, 0.717) is 6.54 Å². The van der Waals surface area contributed by atoms with Crippen molar-refractivity contribution in [1.82, 2.24) is 14.5 Å². The maximum Gasteiger partial charge on any atom is 0.244 e. The molecule has 1 heterocycles. The van der Waals surface area contributed by atoms with Gasteiger partial charge in [0.2, 0.25) is 10.0 Å². The fourth-order valence-corrected chi connectivity index (χ4v) is 3.46. The average molecular weight is 299 g/mol. The highest BCUT2D eigenvalue weighted by atomic mass is 32.2. The van der Waals surface area contributed by atoms with Gasteiger partial charge in [-0.15, -0.1) is 0 Å². The molecule has 1 fully saturated rings. The van der Waals surface area contributed by atoms with Crippen LogP contribution in [0.25, 0.3) is 0 Å². The van der Waals surface area contributed by atoms with E-state index in [0.717, 1.165) is 19.6 Å². The molecule has 0 spiro atoms. The van der Waals surface area contributed by atoms with E-state index in [1.807, 2.05) is 14.1 Å². The van der Waals surface area contributed by atoms with Crippen LogP contribution in [0.4, 0.5) is 0 Å². The number of rotatable bonds is 4. The van der Waals surface area contributed by atoms with E-state index in [9.17, 15) is 13.5 Å². The number of nitrogens with zero attached hydrogens (tertiary/aromatic N) is 2. The van der Waals surface area contributed by atoms with Crippen molar-refractivity contribution in [2.24, 2.45) is 0 Å². The first-order valence-electron chi connectivity index (χ1n) is 6.56. The molecule has 0 radical (unpaired) electrons. The standard InChI is InChI=1S/C13H21N3O3S/c1-15-7-8-16(2)11(10-15)9-14-20(18,19)13-6-4-3-5-12(13)17/h3-6,11,14,17H,7-10H2,1-2H3. The van der Waals surface area contributed by atoms with Gasteiger partial charge in [0.15, 0.2) is 0 Å². The number of para-hydroxylation sites is 1. The van der Waals surface area contributed by atoms with Gasteiger partial charge in [0.05, 0.1) is 0 Å². The summed E-state index contributed by atoms with van der Waals surface area (Å²) in [6.45, 7) is 3.05. The van der Waals surface area contributed by atoms with Crippen LogP contribution in [0.3, 0.4) is 0 Å². The second-order valence-electron chi connectivity index (χ2n) is 5.22. The Labute approximate surface area is 120 Å². The average Bonchev–Trinajstić information content (AvgIpc) is 2.40. The number of phenols is 1. The molecule has 1 unspecified atom stereocenters. The second kappa shape index (κ2) is 6.09. The third-order valence-corrected chi connectivity index (χ3v) is 5.11. The monoisotopic (exact) mass is 299 g/mol. The summed E-state index contributed by atoms with van der Waals surface area (Å²) in [5.41, 5.74) is 0. The van der Waals surface area contributed by atoms with Crippen molar-refractivity contribution in [1.29, 1.82) is 0 Å². The Morgan fingerprint density at radius 1 is 1.30 bits per heavy atom. The van der Waals surface area contributed by atoms with Crippen molar-refractivity contribution in [3.63, 3.8) is 0 Å². The minimum absolute atomic E-state index is 0.0770. The molecule has 1 aromatic carbocycles. The quantitative estimate of drug-likeness (QED) is 0.813. The molecule has 2 rings (SSSR count). The molecule has 0 aromatic heterocycles. The SMILES string of the molecule is CN1CCN(C)C(CNS(=O)(=O)c2ccccc2O)C1. The van der Waals surface area contributed by atoms with E-state index in [1.165, 1.54) is 12.1 Å². The van der Waals surface area contributed by atoms with Crippen LogP contribution in [-0.2, 0) is 10.0 Å². The zero-order valence-corrected chi connectivity index (χ0v) is 12.6. The maximum absolute atomic E-state index is 12.2. The lowest BCUT2D eigenvalue weighted by Gasteiger charge is -2.37. The maximum atomic E-state index is 12.2. The molecule has 0 bridgehead atoms. The van der Waals surface area contributed by atoms with Gasteiger partial charge in [0, 0.05) is 32.2 Å². The Hall–Kier alpha value is -1.15. The first-order valence-corrected chi connectivity index (χ1v) is 8.05. The largest absolute Gasteiger partial charge is 0.507 e. The molecule has 7 heteroatoms. The van der Waals surface area contributed by atoms with Gasteiger partial charge in [0.25, 0.3) is 0 Å². The number of hydrogen-bond acceptors (Lipinski definition) is 5. The topological polar surface area (TPSA) is 72.9 Å². The highest BCUT2D eigenvalue weighted by molar-refractivity contribution is 7.89. The smallest absolute Gasteiger partial charge is 0.244 e. The number of benzene rings is 1. The van der Waals surface area contributed by atoms with E-state index in [-0.39, 0.29) is 16.7 Å². The zero-order chi connectivity index (χ0) is 14.8. The molecule has 1 aliphatic heterocycles. The predicted octanol–water partition coefficient (Wildman–Crippen LogP) is -0.0837. The Morgan fingerprint density at radius 3 is 2.70 bits per heavy atom. The Morgan fingerprint density at radius 2 is 2.00 bits per heavy atom. The van der Waals surface area contributed by atoms with Crippen LogP contribution in [0.15, 0.2) is 29.2 Å². The first kappa shape index (κ1) is 15.2. The van der Waals surface area contributed by atoms with E-state index in [1.54, 1.807) is 12.1 Å².